The number of thiol groups is 1. The molecule has 9 heavy (non-hydrogen) atoms. The molecule has 52 valence electrons. The average Bonchev–Trinajstić information content (AvgIpc) is 2.51. The zero-order chi connectivity index (χ0) is 6.85. The van der Waals surface area contributed by atoms with Crippen molar-refractivity contribution in [3.8, 4) is 0 Å². The maximum atomic E-state index is 4.11. The summed E-state index contributed by atoms with van der Waals surface area (Å²) in [5.41, 5.74) is 1.37. The highest BCUT2D eigenvalue weighted by Crippen LogP contribution is 2.25. The third-order valence-electron chi connectivity index (χ3n) is 1.74. The molecule has 1 saturated heterocycles. The van der Waals surface area contributed by atoms with Gasteiger partial charge in [0.15, 0.2) is 0 Å². The summed E-state index contributed by atoms with van der Waals surface area (Å²) >= 11 is 4.11. The van der Waals surface area contributed by atoms with Gasteiger partial charge in [-0.15, -0.1) is 12.6 Å². The van der Waals surface area contributed by atoms with Crippen LogP contribution in [0, 0.1) is 0 Å². The molecule has 0 amide bonds. The molecule has 1 unspecified atom stereocenters. The van der Waals surface area contributed by atoms with Gasteiger partial charge in [-0.05, 0) is 18.8 Å². The molecule has 0 aromatic heterocycles. The highest BCUT2D eigenvalue weighted by atomic mass is 32.1. The van der Waals surface area contributed by atoms with Crippen LogP contribution in [0.5, 0.6) is 0 Å². The molecule has 0 N–H and O–H groups in total. The van der Waals surface area contributed by atoms with Crippen molar-refractivity contribution in [2.45, 2.75) is 26.3 Å². The van der Waals surface area contributed by atoms with Gasteiger partial charge in [0.25, 0.3) is 0 Å². The van der Waals surface area contributed by atoms with Crippen LogP contribution in [0.1, 0.15) is 20.3 Å². The van der Waals surface area contributed by atoms with Gasteiger partial charge in [0.1, 0.15) is 0 Å². The Balaban J connectivity index is 2.41. The van der Waals surface area contributed by atoms with E-state index in [1.807, 2.05) is 5.41 Å². The molecule has 1 rings (SSSR count). The maximum absolute atomic E-state index is 4.11. The fourth-order valence-electron chi connectivity index (χ4n) is 1.01. The first kappa shape index (κ1) is 7.00. The standard InChI is InChI=1S/C7H13NS/c1-3-7(5-9)8-4-6(8)2/h5-6,9H,3-4H2,1-2H3/b7-5-. The Labute approximate surface area is 62.1 Å². The second-order valence-electron chi connectivity index (χ2n) is 2.48. The van der Waals surface area contributed by atoms with Gasteiger partial charge < -0.3 is 4.90 Å². The summed E-state index contributed by atoms with van der Waals surface area (Å²) in [5.74, 6) is 0. The van der Waals surface area contributed by atoms with Gasteiger partial charge in [0, 0.05) is 18.3 Å². The summed E-state index contributed by atoms with van der Waals surface area (Å²) in [7, 11) is 0. The fraction of sp³-hybridized carbons (Fsp3) is 0.714. The minimum Gasteiger partial charge on any atom is -0.368 e. The maximum Gasteiger partial charge on any atom is 0.0435 e. The zero-order valence-corrected chi connectivity index (χ0v) is 6.86. The van der Waals surface area contributed by atoms with Crippen LogP contribution in [-0.4, -0.2) is 17.5 Å². The lowest BCUT2D eigenvalue weighted by atomic mass is 10.4. The van der Waals surface area contributed by atoms with Crippen molar-refractivity contribution >= 4 is 12.6 Å². The average molecular weight is 143 g/mol. The molecule has 0 spiro atoms. The molecule has 1 atom stereocenters. The highest BCUT2D eigenvalue weighted by molar-refractivity contribution is 7.83. The molecule has 1 heterocycles. The van der Waals surface area contributed by atoms with E-state index in [9.17, 15) is 0 Å². The largest absolute Gasteiger partial charge is 0.368 e. The third-order valence-corrected chi connectivity index (χ3v) is 2.04. The molecule has 0 aromatic carbocycles. The summed E-state index contributed by atoms with van der Waals surface area (Å²) in [6.07, 6.45) is 1.10. The van der Waals surface area contributed by atoms with Crippen LogP contribution in [0.4, 0.5) is 0 Å². The van der Waals surface area contributed by atoms with Gasteiger partial charge in [-0.1, -0.05) is 6.92 Å². The van der Waals surface area contributed by atoms with Gasteiger partial charge in [0.05, 0.1) is 0 Å². The number of nitrogens with zero attached hydrogens (tertiary/aromatic N) is 1. The second kappa shape index (κ2) is 2.65. The quantitative estimate of drug-likeness (QED) is 0.456. The predicted molar refractivity (Wildman–Crippen MR) is 43.5 cm³/mol. The van der Waals surface area contributed by atoms with E-state index >= 15 is 0 Å². The topological polar surface area (TPSA) is 3.01 Å². The summed E-state index contributed by atoms with van der Waals surface area (Å²) in [6, 6.07) is 0.767. The van der Waals surface area contributed by atoms with Crippen molar-refractivity contribution in [3.05, 3.63) is 11.1 Å². The van der Waals surface area contributed by atoms with E-state index in [-0.39, 0.29) is 0 Å². The number of allylic oxidation sites excluding steroid dienone is 1. The van der Waals surface area contributed by atoms with Gasteiger partial charge in [0.2, 0.25) is 0 Å². The Morgan fingerprint density at radius 1 is 1.89 bits per heavy atom. The predicted octanol–water partition coefficient (Wildman–Crippen LogP) is 1.87. The van der Waals surface area contributed by atoms with Crippen molar-refractivity contribution in [1.82, 2.24) is 4.90 Å². The van der Waals surface area contributed by atoms with Crippen LogP contribution in [0.15, 0.2) is 11.1 Å². The van der Waals surface area contributed by atoms with Crippen molar-refractivity contribution in [1.29, 1.82) is 0 Å². The molecule has 0 aromatic rings. The van der Waals surface area contributed by atoms with Crippen LogP contribution in [0.25, 0.3) is 0 Å². The summed E-state index contributed by atoms with van der Waals surface area (Å²) in [6.45, 7) is 5.61. The van der Waals surface area contributed by atoms with E-state index in [0.717, 1.165) is 12.5 Å². The minimum atomic E-state index is 0.767. The first-order chi connectivity index (χ1) is 4.29. The Morgan fingerprint density at radius 3 is 2.56 bits per heavy atom. The zero-order valence-electron chi connectivity index (χ0n) is 5.96. The summed E-state index contributed by atoms with van der Waals surface area (Å²) in [5, 5.41) is 1.91. The van der Waals surface area contributed by atoms with Crippen molar-refractivity contribution < 1.29 is 0 Å². The number of rotatable bonds is 2. The minimum absolute atomic E-state index is 0.767. The molecular formula is C7H13NS. The summed E-state index contributed by atoms with van der Waals surface area (Å²) < 4.78 is 0. The Kier molecular flexibility index (Phi) is 2.06. The SMILES string of the molecule is CC/C(=C/S)N1CC1C. The van der Waals surface area contributed by atoms with Crippen molar-refractivity contribution in [2.24, 2.45) is 0 Å². The lowest BCUT2D eigenvalue weighted by Crippen LogP contribution is -1.96. The second-order valence-corrected chi connectivity index (χ2v) is 2.73. The molecule has 0 aliphatic carbocycles. The van der Waals surface area contributed by atoms with Crippen molar-refractivity contribution in [2.75, 3.05) is 6.54 Å². The third kappa shape index (κ3) is 1.42. The number of hydrogen-bond acceptors (Lipinski definition) is 2. The van der Waals surface area contributed by atoms with E-state index in [1.54, 1.807) is 0 Å². The molecule has 0 saturated carbocycles. The van der Waals surface area contributed by atoms with Crippen LogP contribution in [-0.2, 0) is 0 Å². The van der Waals surface area contributed by atoms with Gasteiger partial charge in [-0.25, -0.2) is 0 Å². The Hall–Kier alpha value is -0.110. The normalized spacial score (nSPS) is 26.8. The molecule has 2 heteroatoms. The van der Waals surface area contributed by atoms with Crippen LogP contribution in [0.3, 0.4) is 0 Å². The lowest BCUT2D eigenvalue weighted by Gasteiger charge is -2.04. The molecule has 1 aliphatic rings. The number of hydrogen-bond donors (Lipinski definition) is 1. The molecule has 0 radical (unpaired) electrons. The van der Waals surface area contributed by atoms with E-state index in [4.69, 9.17) is 0 Å². The van der Waals surface area contributed by atoms with Gasteiger partial charge in [-0.3, -0.25) is 0 Å². The van der Waals surface area contributed by atoms with Crippen LogP contribution in [0.2, 0.25) is 0 Å². The van der Waals surface area contributed by atoms with Gasteiger partial charge in [-0.2, -0.15) is 0 Å². The lowest BCUT2D eigenvalue weighted by molar-refractivity contribution is 0.615. The van der Waals surface area contributed by atoms with E-state index in [1.165, 1.54) is 12.2 Å². The van der Waals surface area contributed by atoms with Crippen LogP contribution >= 0.6 is 12.6 Å². The Morgan fingerprint density at radius 2 is 2.44 bits per heavy atom. The smallest absolute Gasteiger partial charge is 0.0435 e. The molecule has 0 bridgehead atoms. The van der Waals surface area contributed by atoms with E-state index in [2.05, 4.69) is 31.4 Å². The molecule has 1 aliphatic heterocycles. The molecule has 1 fully saturated rings. The van der Waals surface area contributed by atoms with E-state index in [0.29, 0.717) is 0 Å². The Bertz CT molecular complexity index is 131. The monoisotopic (exact) mass is 143 g/mol. The molecular weight excluding hydrogens is 130 g/mol. The fourth-order valence-corrected chi connectivity index (χ4v) is 1.34. The first-order valence-corrected chi connectivity index (χ1v) is 3.91. The van der Waals surface area contributed by atoms with E-state index < -0.39 is 0 Å². The summed E-state index contributed by atoms with van der Waals surface area (Å²) in [4.78, 5) is 2.35. The van der Waals surface area contributed by atoms with Crippen LogP contribution < -0.4 is 0 Å². The molecule has 1 nitrogen and oxygen atoms in total. The first-order valence-electron chi connectivity index (χ1n) is 3.39. The van der Waals surface area contributed by atoms with Gasteiger partial charge >= 0.3 is 0 Å². The van der Waals surface area contributed by atoms with Crippen molar-refractivity contribution in [3.63, 3.8) is 0 Å². The highest BCUT2D eigenvalue weighted by Gasteiger charge is 2.29.